The van der Waals surface area contributed by atoms with E-state index in [9.17, 15) is 0 Å². The predicted octanol–water partition coefficient (Wildman–Crippen LogP) is 4.07. The van der Waals surface area contributed by atoms with Crippen LogP contribution in [0, 0.1) is 0 Å². The third-order valence-corrected chi connectivity index (χ3v) is 3.73. The summed E-state index contributed by atoms with van der Waals surface area (Å²) >= 11 is 1.71. The van der Waals surface area contributed by atoms with E-state index in [-0.39, 0.29) is 0 Å². The van der Waals surface area contributed by atoms with Crippen molar-refractivity contribution in [3.05, 3.63) is 60.5 Å². The van der Waals surface area contributed by atoms with Crippen LogP contribution in [0.4, 0.5) is 5.69 Å². The highest BCUT2D eigenvalue weighted by Crippen LogP contribution is 2.20. The van der Waals surface area contributed by atoms with Gasteiger partial charge in [0.25, 0.3) is 0 Å². The molecular weight excluding hydrogens is 282 g/mol. The van der Waals surface area contributed by atoms with Gasteiger partial charge in [-0.1, -0.05) is 24.3 Å². The lowest BCUT2D eigenvalue weighted by Crippen LogP contribution is -1.99. The Labute approximate surface area is 127 Å². The molecule has 106 valence electrons. The SMILES string of the molecule is CSc1cccc(NCc2nnc(-c3ccccc3)o2)c1. The summed E-state index contributed by atoms with van der Waals surface area (Å²) in [6, 6.07) is 18.0. The Morgan fingerprint density at radius 2 is 1.90 bits per heavy atom. The zero-order valence-corrected chi connectivity index (χ0v) is 12.4. The summed E-state index contributed by atoms with van der Waals surface area (Å²) in [7, 11) is 0. The summed E-state index contributed by atoms with van der Waals surface area (Å²) in [5.74, 6) is 1.12. The number of rotatable bonds is 5. The van der Waals surface area contributed by atoms with E-state index in [1.807, 2.05) is 42.5 Å². The Morgan fingerprint density at radius 3 is 2.71 bits per heavy atom. The summed E-state index contributed by atoms with van der Waals surface area (Å²) in [5, 5.41) is 11.4. The van der Waals surface area contributed by atoms with Gasteiger partial charge in [-0.3, -0.25) is 0 Å². The topological polar surface area (TPSA) is 51.0 Å². The monoisotopic (exact) mass is 297 g/mol. The van der Waals surface area contributed by atoms with Crippen LogP contribution in [0.15, 0.2) is 63.9 Å². The smallest absolute Gasteiger partial charge is 0.247 e. The molecule has 0 aliphatic heterocycles. The van der Waals surface area contributed by atoms with E-state index >= 15 is 0 Å². The minimum absolute atomic E-state index is 0.512. The van der Waals surface area contributed by atoms with Crippen LogP contribution in [0.25, 0.3) is 11.5 Å². The number of hydrogen-bond acceptors (Lipinski definition) is 5. The fourth-order valence-corrected chi connectivity index (χ4v) is 2.39. The van der Waals surface area contributed by atoms with Gasteiger partial charge in [0.15, 0.2) is 0 Å². The van der Waals surface area contributed by atoms with Gasteiger partial charge in [-0.2, -0.15) is 0 Å². The van der Waals surface area contributed by atoms with Gasteiger partial charge in [0.2, 0.25) is 11.8 Å². The molecule has 0 aliphatic carbocycles. The molecule has 21 heavy (non-hydrogen) atoms. The first-order valence-electron chi connectivity index (χ1n) is 6.61. The maximum absolute atomic E-state index is 5.66. The van der Waals surface area contributed by atoms with Crippen LogP contribution in [-0.4, -0.2) is 16.5 Å². The molecule has 1 heterocycles. The van der Waals surface area contributed by atoms with Gasteiger partial charge in [-0.25, -0.2) is 0 Å². The molecule has 0 saturated carbocycles. The van der Waals surface area contributed by atoms with E-state index in [1.54, 1.807) is 11.8 Å². The Morgan fingerprint density at radius 1 is 1.05 bits per heavy atom. The van der Waals surface area contributed by atoms with Crippen LogP contribution >= 0.6 is 11.8 Å². The molecule has 0 amide bonds. The maximum atomic E-state index is 5.66. The third kappa shape index (κ3) is 3.44. The summed E-state index contributed by atoms with van der Waals surface area (Å²) < 4.78 is 5.66. The summed E-state index contributed by atoms with van der Waals surface area (Å²) in [6.07, 6.45) is 2.06. The van der Waals surface area contributed by atoms with Gasteiger partial charge in [-0.15, -0.1) is 22.0 Å². The Bertz CT molecular complexity index is 712. The molecule has 5 heteroatoms. The normalized spacial score (nSPS) is 10.5. The van der Waals surface area contributed by atoms with Crippen LogP contribution < -0.4 is 5.32 Å². The minimum atomic E-state index is 0.512. The number of nitrogens with one attached hydrogen (secondary N) is 1. The summed E-state index contributed by atoms with van der Waals surface area (Å²) in [5.41, 5.74) is 1.97. The second-order valence-electron chi connectivity index (χ2n) is 4.45. The lowest BCUT2D eigenvalue weighted by molar-refractivity contribution is 0.515. The first-order chi connectivity index (χ1) is 10.3. The fraction of sp³-hybridized carbons (Fsp3) is 0.125. The number of thioether (sulfide) groups is 1. The van der Waals surface area contributed by atoms with Crippen LogP contribution in [-0.2, 0) is 6.54 Å². The first kappa shape index (κ1) is 13.7. The molecule has 1 aromatic heterocycles. The van der Waals surface area contributed by atoms with Crippen LogP contribution in [0.5, 0.6) is 0 Å². The van der Waals surface area contributed by atoms with Gasteiger partial charge < -0.3 is 9.73 Å². The van der Waals surface area contributed by atoms with Crippen LogP contribution in [0.3, 0.4) is 0 Å². The van der Waals surface area contributed by atoms with Crippen LogP contribution in [0.2, 0.25) is 0 Å². The van der Waals surface area contributed by atoms with E-state index in [0.717, 1.165) is 11.3 Å². The number of aromatic nitrogens is 2. The van der Waals surface area contributed by atoms with Crippen molar-refractivity contribution in [3.63, 3.8) is 0 Å². The molecular formula is C16H15N3OS. The molecule has 2 aromatic carbocycles. The molecule has 0 spiro atoms. The zero-order chi connectivity index (χ0) is 14.5. The van der Waals surface area contributed by atoms with Gasteiger partial charge in [0.1, 0.15) is 0 Å². The van der Waals surface area contributed by atoms with Gasteiger partial charge in [0, 0.05) is 16.1 Å². The largest absolute Gasteiger partial charge is 0.419 e. The summed E-state index contributed by atoms with van der Waals surface area (Å²) in [6.45, 7) is 0.512. The predicted molar refractivity (Wildman–Crippen MR) is 85.3 cm³/mol. The van der Waals surface area contributed by atoms with Crippen molar-refractivity contribution >= 4 is 17.4 Å². The molecule has 0 radical (unpaired) electrons. The number of benzene rings is 2. The number of anilines is 1. The molecule has 4 nitrogen and oxygen atoms in total. The molecule has 0 fully saturated rings. The Balaban J connectivity index is 1.67. The van der Waals surface area contributed by atoms with Crippen molar-refractivity contribution in [2.75, 3.05) is 11.6 Å². The lowest BCUT2D eigenvalue weighted by atomic mass is 10.2. The van der Waals surface area contributed by atoms with E-state index in [2.05, 4.69) is 33.9 Å². The van der Waals surface area contributed by atoms with E-state index in [4.69, 9.17) is 4.42 Å². The third-order valence-electron chi connectivity index (χ3n) is 3.00. The van der Waals surface area contributed by atoms with Crippen molar-refractivity contribution in [1.82, 2.24) is 10.2 Å². The Kier molecular flexibility index (Phi) is 4.21. The zero-order valence-electron chi connectivity index (χ0n) is 11.6. The summed E-state index contributed by atoms with van der Waals surface area (Å²) in [4.78, 5) is 1.22. The quantitative estimate of drug-likeness (QED) is 0.719. The fourth-order valence-electron chi connectivity index (χ4n) is 1.93. The average Bonchev–Trinajstić information content (AvgIpc) is 3.03. The molecule has 0 atom stereocenters. The molecule has 0 aliphatic rings. The second kappa shape index (κ2) is 6.45. The van der Waals surface area contributed by atoms with Crippen molar-refractivity contribution in [2.24, 2.45) is 0 Å². The molecule has 0 saturated heterocycles. The molecule has 1 N–H and O–H groups in total. The van der Waals surface area contributed by atoms with E-state index in [1.165, 1.54) is 4.90 Å². The second-order valence-corrected chi connectivity index (χ2v) is 5.33. The van der Waals surface area contributed by atoms with Gasteiger partial charge in [0.05, 0.1) is 6.54 Å². The molecule has 3 rings (SSSR count). The average molecular weight is 297 g/mol. The van der Waals surface area contributed by atoms with Crippen molar-refractivity contribution in [1.29, 1.82) is 0 Å². The van der Waals surface area contributed by atoms with Gasteiger partial charge in [-0.05, 0) is 36.6 Å². The standard InChI is InChI=1S/C16H15N3OS/c1-21-14-9-5-8-13(10-14)17-11-15-18-19-16(20-15)12-6-3-2-4-7-12/h2-10,17H,11H2,1H3. The molecule has 3 aromatic rings. The highest BCUT2D eigenvalue weighted by atomic mass is 32.2. The Hall–Kier alpha value is -2.27. The number of nitrogens with zero attached hydrogens (tertiary/aromatic N) is 2. The lowest BCUT2D eigenvalue weighted by Gasteiger charge is -2.04. The highest BCUT2D eigenvalue weighted by Gasteiger charge is 2.07. The van der Waals surface area contributed by atoms with Crippen molar-refractivity contribution < 1.29 is 4.42 Å². The van der Waals surface area contributed by atoms with Crippen molar-refractivity contribution in [3.8, 4) is 11.5 Å². The molecule has 0 bridgehead atoms. The maximum Gasteiger partial charge on any atom is 0.247 e. The highest BCUT2D eigenvalue weighted by molar-refractivity contribution is 7.98. The molecule has 0 unspecified atom stereocenters. The minimum Gasteiger partial charge on any atom is -0.419 e. The first-order valence-corrected chi connectivity index (χ1v) is 7.83. The number of hydrogen-bond donors (Lipinski definition) is 1. The van der Waals surface area contributed by atoms with Gasteiger partial charge >= 0.3 is 0 Å². The van der Waals surface area contributed by atoms with E-state index < -0.39 is 0 Å². The van der Waals surface area contributed by atoms with Crippen molar-refractivity contribution in [2.45, 2.75) is 11.4 Å². The van der Waals surface area contributed by atoms with E-state index in [0.29, 0.717) is 18.3 Å². The van der Waals surface area contributed by atoms with Crippen LogP contribution in [0.1, 0.15) is 5.89 Å².